The predicted molar refractivity (Wildman–Crippen MR) is 58.5 cm³/mol. The summed E-state index contributed by atoms with van der Waals surface area (Å²) in [6.07, 6.45) is 0. The maximum atomic E-state index is 9.82. The maximum Gasteiger partial charge on any atom is 0.0860 e. The Labute approximate surface area is 86.9 Å². The fourth-order valence-electron chi connectivity index (χ4n) is 1.26. The first-order valence-corrected chi connectivity index (χ1v) is 4.90. The lowest BCUT2D eigenvalue weighted by atomic mass is 9.94. The molecule has 13 heavy (non-hydrogen) atoms. The molecule has 0 aromatic heterocycles. The Hall–Kier alpha value is -0.540. The first-order valence-electron chi connectivity index (χ1n) is 4.11. The van der Waals surface area contributed by atoms with Crippen LogP contribution in [0.1, 0.15) is 25.0 Å². The van der Waals surface area contributed by atoms with Crippen LogP contribution < -0.4 is 5.73 Å². The molecule has 1 aromatic rings. The van der Waals surface area contributed by atoms with Gasteiger partial charge < -0.3 is 10.8 Å². The van der Waals surface area contributed by atoms with Crippen LogP contribution in [0, 0.1) is 6.92 Å². The van der Waals surface area contributed by atoms with E-state index in [1.54, 1.807) is 13.8 Å². The molecule has 0 fully saturated rings. The molecule has 2 nitrogen and oxygen atoms in total. The lowest BCUT2D eigenvalue weighted by Gasteiger charge is -2.21. The number of nitrogens with two attached hydrogens (primary N) is 1. The van der Waals surface area contributed by atoms with Gasteiger partial charge >= 0.3 is 0 Å². The predicted octanol–water partition coefficient (Wildman–Crippen LogP) is 2.57. The molecule has 0 saturated carbocycles. The van der Waals surface area contributed by atoms with E-state index in [1.165, 1.54) is 0 Å². The van der Waals surface area contributed by atoms with E-state index in [9.17, 15) is 5.11 Å². The molecule has 1 aromatic carbocycles. The molecule has 72 valence electrons. The Morgan fingerprint density at radius 2 is 1.92 bits per heavy atom. The maximum absolute atomic E-state index is 9.82. The third-order valence-electron chi connectivity index (χ3n) is 2.01. The van der Waals surface area contributed by atoms with E-state index < -0.39 is 5.60 Å². The van der Waals surface area contributed by atoms with Crippen LogP contribution in [-0.2, 0) is 5.60 Å². The van der Waals surface area contributed by atoms with E-state index in [4.69, 9.17) is 5.73 Å². The fourth-order valence-corrected chi connectivity index (χ4v) is 1.83. The number of hydrogen-bond donors (Lipinski definition) is 2. The molecule has 1 rings (SSSR count). The Kier molecular flexibility index (Phi) is 2.68. The first kappa shape index (κ1) is 10.5. The summed E-state index contributed by atoms with van der Waals surface area (Å²) in [6, 6.07) is 3.78. The third-order valence-corrected chi connectivity index (χ3v) is 2.47. The summed E-state index contributed by atoms with van der Waals surface area (Å²) < 4.78 is 0.941. The first-order chi connectivity index (χ1) is 5.82. The third kappa shape index (κ3) is 2.23. The molecule has 0 heterocycles. The lowest BCUT2D eigenvalue weighted by molar-refractivity contribution is 0.0793. The van der Waals surface area contributed by atoms with Crippen molar-refractivity contribution >= 4 is 21.6 Å². The number of nitrogen functional groups attached to an aromatic ring is 1. The summed E-state index contributed by atoms with van der Waals surface area (Å²) in [7, 11) is 0. The van der Waals surface area contributed by atoms with Crippen LogP contribution in [0.4, 0.5) is 5.69 Å². The van der Waals surface area contributed by atoms with Gasteiger partial charge in [0, 0.05) is 15.7 Å². The van der Waals surface area contributed by atoms with Crippen molar-refractivity contribution in [3.63, 3.8) is 0 Å². The molecule has 0 atom stereocenters. The van der Waals surface area contributed by atoms with E-state index in [1.807, 2.05) is 19.1 Å². The van der Waals surface area contributed by atoms with Crippen LogP contribution in [-0.4, -0.2) is 5.11 Å². The van der Waals surface area contributed by atoms with E-state index in [2.05, 4.69) is 15.9 Å². The zero-order chi connectivity index (χ0) is 10.2. The minimum atomic E-state index is -0.890. The molecule has 0 spiro atoms. The van der Waals surface area contributed by atoms with Crippen LogP contribution in [0.2, 0.25) is 0 Å². The quantitative estimate of drug-likeness (QED) is 0.746. The summed E-state index contributed by atoms with van der Waals surface area (Å²) in [5.74, 6) is 0. The standard InChI is InChI=1S/C10H14BrNO/c1-6-4-7(11)5-8(9(6)12)10(2,3)13/h4-5,13H,12H2,1-3H3. The van der Waals surface area contributed by atoms with Crippen molar-refractivity contribution in [1.29, 1.82) is 0 Å². The van der Waals surface area contributed by atoms with E-state index in [0.717, 1.165) is 15.6 Å². The molecule has 0 amide bonds. The Bertz CT molecular complexity index is 328. The van der Waals surface area contributed by atoms with Gasteiger partial charge in [-0.1, -0.05) is 15.9 Å². The molecule has 0 radical (unpaired) electrons. The Balaban J connectivity index is 3.37. The topological polar surface area (TPSA) is 46.2 Å². The van der Waals surface area contributed by atoms with Crippen LogP contribution >= 0.6 is 15.9 Å². The van der Waals surface area contributed by atoms with E-state index in [-0.39, 0.29) is 0 Å². The van der Waals surface area contributed by atoms with Crippen LogP contribution in [0.25, 0.3) is 0 Å². The van der Waals surface area contributed by atoms with Gasteiger partial charge in [-0.2, -0.15) is 0 Å². The SMILES string of the molecule is Cc1cc(Br)cc(C(C)(C)O)c1N. The minimum absolute atomic E-state index is 0.663. The van der Waals surface area contributed by atoms with Crippen molar-refractivity contribution in [2.45, 2.75) is 26.4 Å². The van der Waals surface area contributed by atoms with Crippen molar-refractivity contribution in [1.82, 2.24) is 0 Å². The highest BCUT2D eigenvalue weighted by Gasteiger charge is 2.20. The van der Waals surface area contributed by atoms with E-state index in [0.29, 0.717) is 5.69 Å². The highest BCUT2D eigenvalue weighted by Crippen LogP contribution is 2.31. The van der Waals surface area contributed by atoms with Crippen molar-refractivity contribution in [2.24, 2.45) is 0 Å². The smallest absolute Gasteiger partial charge is 0.0860 e. The highest BCUT2D eigenvalue weighted by atomic mass is 79.9. The number of aryl methyl sites for hydroxylation is 1. The van der Waals surface area contributed by atoms with Gasteiger partial charge in [0.1, 0.15) is 0 Å². The zero-order valence-corrected chi connectivity index (χ0v) is 9.64. The summed E-state index contributed by atoms with van der Waals surface area (Å²) in [6.45, 7) is 5.38. The largest absolute Gasteiger partial charge is 0.398 e. The van der Waals surface area contributed by atoms with Gasteiger partial charge in [0.15, 0.2) is 0 Å². The van der Waals surface area contributed by atoms with Crippen molar-refractivity contribution < 1.29 is 5.11 Å². The van der Waals surface area contributed by atoms with Crippen LogP contribution in [0.15, 0.2) is 16.6 Å². The summed E-state index contributed by atoms with van der Waals surface area (Å²) in [4.78, 5) is 0. The van der Waals surface area contributed by atoms with Gasteiger partial charge in [-0.3, -0.25) is 0 Å². The Morgan fingerprint density at radius 3 is 2.38 bits per heavy atom. The number of halogens is 1. The summed E-state index contributed by atoms with van der Waals surface area (Å²) >= 11 is 3.37. The molecular formula is C10H14BrNO. The molecule has 0 aliphatic carbocycles. The normalized spacial score (nSPS) is 11.8. The number of rotatable bonds is 1. The Morgan fingerprint density at radius 1 is 1.38 bits per heavy atom. The second kappa shape index (κ2) is 3.31. The van der Waals surface area contributed by atoms with Gasteiger partial charge in [0.05, 0.1) is 5.60 Å². The average Bonchev–Trinajstić information content (AvgIpc) is 1.94. The molecule has 0 unspecified atom stereocenters. The second-order valence-electron chi connectivity index (χ2n) is 3.74. The van der Waals surface area contributed by atoms with Gasteiger partial charge in [-0.05, 0) is 38.5 Å². The molecule has 0 bridgehead atoms. The van der Waals surface area contributed by atoms with Gasteiger partial charge in [0.25, 0.3) is 0 Å². The summed E-state index contributed by atoms with van der Waals surface area (Å²) in [5, 5.41) is 9.82. The number of benzene rings is 1. The minimum Gasteiger partial charge on any atom is -0.398 e. The molecule has 0 aliphatic heterocycles. The molecular weight excluding hydrogens is 230 g/mol. The van der Waals surface area contributed by atoms with E-state index >= 15 is 0 Å². The van der Waals surface area contributed by atoms with Crippen molar-refractivity contribution in [3.8, 4) is 0 Å². The molecule has 3 N–H and O–H groups in total. The highest BCUT2D eigenvalue weighted by molar-refractivity contribution is 9.10. The van der Waals surface area contributed by atoms with Gasteiger partial charge in [-0.25, -0.2) is 0 Å². The number of anilines is 1. The lowest BCUT2D eigenvalue weighted by Crippen LogP contribution is -2.18. The second-order valence-corrected chi connectivity index (χ2v) is 4.66. The van der Waals surface area contributed by atoms with Gasteiger partial charge in [-0.15, -0.1) is 0 Å². The molecule has 0 aliphatic rings. The number of hydrogen-bond acceptors (Lipinski definition) is 2. The monoisotopic (exact) mass is 243 g/mol. The summed E-state index contributed by atoms with van der Waals surface area (Å²) in [5.41, 5.74) is 7.37. The number of aliphatic hydroxyl groups is 1. The van der Waals surface area contributed by atoms with Crippen LogP contribution in [0.5, 0.6) is 0 Å². The van der Waals surface area contributed by atoms with Crippen molar-refractivity contribution in [2.75, 3.05) is 5.73 Å². The molecule has 0 saturated heterocycles. The zero-order valence-electron chi connectivity index (χ0n) is 8.06. The van der Waals surface area contributed by atoms with Crippen LogP contribution in [0.3, 0.4) is 0 Å². The van der Waals surface area contributed by atoms with Crippen molar-refractivity contribution in [3.05, 3.63) is 27.7 Å². The average molecular weight is 244 g/mol. The van der Waals surface area contributed by atoms with Gasteiger partial charge in [0.2, 0.25) is 0 Å². The fraction of sp³-hybridized carbons (Fsp3) is 0.400. The molecule has 3 heteroatoms.